The van der Waals surface area contributed by atoms with Gasteiger partial charge in [-0.3, -0.25) is 0 Å². The molecule has 0 aliphatic carbocycles. The standard InChI is InChI=1S/C19H17ClFNO4S3/c1-12(2)11-28(23,24)19-18(29(25,26)14-9-7-13(20)8-10-14)22-17(27-19)15-5-3-4-6-16(15)21/h3-10,12H,11H2,1-2H3. The monoisotopic (exact) mass is 473 g/mol. The van der Waals surface area contributed by atoms with E-state index in [1.807, 2.05) is 0 Å². The van der Waals surface area contributed by atoms with Gasteiger partial charge in [-0.05, 0) is 42.3 Å². The van der Waals surface area contributed by atoms with Gasteiger partial charge < -0.3 is 0 Å². The average molecular weight is 474 g/mol. The molecule has 0 aliphatic rings. The molecule has 1 aromatic heterocycles. The molecular formula is C19H17ClFNO4S3. The maximum atomic E-state index is 14.2. The quantitative estimate of drug-likeness (QED) is 0.510. The summed E-state index contributed by atoms with van der Waals surface area (Å²) in [5.41, 5.74) is 0.0380. The second-order valence-corrected chi connectivity index (χ2v) is 12.3. The van der Waals surface area contributed by atoms with Gasteiger partial charge in [-0.2, -0.15) is 0 Å². The third kappa shape index (κ3) is 4.53. The van der Waals surface area contributed by atoms with Gasteiger partial charge in [0.15, 0.2) is 19.1 Å². The molecule has 3 rings (SSSR count). The van der Waals surface area contributed by atoms with Crippen molar-refractivity contribution in [3.05, 3.63) is 59.4 Å². The first-order chi connectivity index (χ1) is 13.5. The summed E-state index contributed by atoms with van der Waals surface area (Å²) in [7, 11) is -8.23. The fourth-order valence-corrected chi connectivity index (χ4v) is 8.16. The van der Waals surface area contributed by atoms with E-state index in [0.29, 0.717) is 16.4 Å². The van der Waals surface area contributed by atoms with Crippen LogP contribution in [0.2, 0.25) is 5.02 Å². The Bertz CT molecular complexity index is 1250. The molecule has 2 aromatic carbocycles. The molecule has 0 aliphatic heterocycles. The van der Waals surface area contributed by atoms with Gasteiger partial charge in [-0.25, -0.2) is 26.2 Å². The summed E-state index contributed by atoms with van der Waals surface area (Å²) in [6, 6.07) is 11.0. The zero-order valence-corrected chi connectivity index (χ0v) is 18.7. The van der Waals surface area contributed by atoms with Gasteiger partial charge in [0.25, 0.3) is 0 Å². The molecule has 0 fully saturated rings. The van der Waals surface area contributed by atoms with Gasteiger partial charge in [-0.1, -0.05) is 37.6 Å². The predicted octanol–water partition coefficient (Wildman–Crippen LogP) is 4.87. The number of hydrogen-bond donors (Lipinski definition) is 0. The molecule has 0 N–H and O–H groups in total. The van der Waals surface area contributed by atoms with Crippen LogP contribution in [0.1, 0.15) is 13.8 Å². The van der Waals surface area contributed by atoms with Crippen molar-refractivity contribution in [2.45, 2.75) is 28.0 Å². The molecule has 154 valence electrons. The highest BCUT2D eigenvalue weighted by molar-refractivity contribution is 7.96. The molecule has 10 heteroatoms. The van der Waals surface area contributed by atoms with Crippen LogP contribution >= 0.6 is 22.9 Å². The smallest absolute Gasteiger partial charge is 0.223 e. The maximum absolute atomic E-state index is 14.2. The number of rotatable bonds is 6. The lowest BCUT2D eigenvalue weighted by molar-refractivity contribution is 0.574. The topological polar surface area (TPSA) is 81.2 Å². The van der Waals surface area contributed by atoms with E-state index < -0.39 is 30.5 Å². The van der Waals surface area contributed by atoms with Crippen molar-refractivity contribution in [3.63, 3.8) is 0 Å². The Balaban J connectivity index is 2.27. The van der Waals surface area contributed by atoms with Crippen molar-refractivity contribution >= 4 is 42.6 Å². The molecule has 0 saturated heterocycles. The van der Waals surface area contributed by atoms with Crippen LogP contribution < -0.4 is 0 Å². The fraction of sp³-hybridized carbons (Fsp3) is 0.211. The van der Waals surface area contributed by atoms with Crippen LogP contribution in [0.3, 0.4) is 0 Å². The lowest BCUT2D eigenvalue weighted by atomic mass is 10.2. The number of thiazole rings is 1. The van der Waals surface area contributed by atoms with E-state index in [4.69, 9.17) is 11.6 Å². The van der Waals surface area contributed by atoms with Gasteiger partial charge in [0, 0.05) is 10.6 Å². The van der Waals surface area contributed by atoms with Crippen molar-refractivity contribution in [2.24, 2.45) is 5.92 Å². The highest BCUT2D eigenvalue weighted by atomic mass is 35.5. The van der Waals surface area contributed by atoms with E-state index in [1.54, 1.807) is 19.9 Å². The van der Waals surface area contributed by atoms with Gasteiger partial charge in [0.05, 0.1) is 10.6 Å². The Morgan fingerprint density at radius 1 is 1.03 bits per heavy atom. The Hall–Kier alpha value is -1.81. The van der Waals surface area contributed by atoms with Crippen molar-refractivity contribution < 1.29 is 21.2 Å². The van der Waals surface area contributed by atoms with Gasteiger partial charge in [0.1, 0.15) is 10.8 Å². The van der Waals surface area contributed by atoms with Gasteiger partial charge in [-0.15, -0.1) is 11.3 Å². The van der Waals surface area contributed by atoms with Crippen LogP contribution in [0.4, 0.5) is 4.39 Å². The van der Waals surface area contributed by atoms with E-state index in [-0.39, 0.29) is 31.3 Å². The minimum atomic E-state index is -4.27. The predicted molar refractivity (Wildman–Crippen MR) is 111 cm³/mol. The zero-order valence-electron chi connectivity index (χ0n) is 15.5. The molecule has 3 aromatic rings. The lowest BCUT2D eigenvalue weighted by Crippen LogP contribution is -2.14. The zero-order chi connectivity index (χ0) is 21.4. The summed E-state index contributed by atoms with van der Waals surface area (Å²) in [5.74, 6) is -1.11. The van der Waals surface area contributed by atoms with Crippen LogP contribution in [0.25, 0.3) is 10.6 Å². The van der Waals surface area contributed by atoms with Crippen LogP contribution in [0, 0.1) is 11.7 Å². The van der Waals surface area contributed by atoms with Crippen LogP contribution in [0.15, 0.2) is 62.7 Å². The summed E-state index contributed by atoms with van der Waals surface area (Å²) >= 11 is 6.48. The normalized spacial score (nSPS) is 12.4. The van der Waals surface area contributed by atoms with Crippen molar-refractivity contribution in [1.82, 2.24) is 4.98 Å². The molecule has 0 bridgehead atoms. The van der Waals surface area contributed by atoms with Gasteiger partial charge >= 0.3 is 0 Å². The van der Waals surface area contributed by atoms with Crippen LogP contribution in [0.5, 0.6) is 0 Å². The highest BCUT2D eigenvalue weighted by Gasteiger charge is 2.34. The summed E-state index contributed by atoms with van der Waals surface area (Å²) in [6.07, 6.45) is 0. The number of halogens is 2. The number of benzene rings is 2. The Morgan fingerprint density at radius 2 is 1.66 bits per heavy atom. The fourth-order valence-electron chi connectivity index (χ4n) is 2.65. The lowest BCUT2D eigenvalue weighted by Gasteiger charge is -2.08. The first kappa shape index (κ1) is 21.9. The summed E-state index contributed by atoms with van der Waals surface area (Å²) in [6.45, 7) is 3.42. The minimum absolute atomic E-state index is 0.0158. The molecule has 0 saturated carbocycles. The van der Waals surface area contributed by atoms with E-state index in [0.717, 1.165) is 0 Å². The second kappa shape index (κ2) is 8.14. The van der Waals surface area contributed by atoms with Crippen molar-refractivity contribution in [1.29, 1.82) is 0 Å². The number of sulfone groups is 2. The van der Waals surface area contributed by atoms with Crippen molar-refractivity contribution in [3.8, 4) is 10.6 Å². The number of aromatic nitrogens is 1. The third-order valence-corrected chi connectivity index (χ3v) is 9.85. The van der Waals surface area contributed by atoms with Gasteiger partial charge in [0.2, 0.25) is 9.84 Å². The second-order valence-electron chi connectivity index (χ2n) is 6.72. The number of hydrogen-bond acceptors (Lipinski definition) is 6. The molecule has 1 heterocycles. The summed E-state index contributed by atoms with van der Waals surface area (Å²) < 4.78 is 66.0. The SMILES string of the molecule is CC(C)CS(=O)(=O)c1sc(-c2ccccc2F)nc1S(=O)(=O)c1ccc(Cl)cc1. The number of nitrogens with zero attached hydrogens (tertiary/aromatic N) is 1. The van der Waals surface area contributed by atoms with E-state index in [1.165, 1.54) is 42.5 Å². The Labute approximate surface area is 178 Å². The summed E-state index contributed by atoms with van der Waals surface area (Å²) in [5, 5.41) is -0.274. The first-order valence-electron chi connectivity index (χ1n) is 8.51. The molecule has 29 heavy (non-hydrogen) atoms. The first-order valence-corrected chi connectivity index (χ1v) is 12.8. The van der Waals surface area contributed by atoms with Crippen LogP contribution in [-0.4, -0.2) is 27.6 Å². The van der Waals surface area contributed by atoms with Crippen LogP contribution in [-0.2, 0) is 19.7 Å². The molecule has 0 radical (unpaired) electrons. The largest absolute Gasteiger partial charge is 0.226 e. The molecular weight excluding hydrogens is 457 g/mol. The van der Waals surface area contributed by atoms with E-state index >= 15 is 0 Å². The third-order valence-electron chi connectivity index (χ3n) is 3.89. The molecule has 0 atom stereocenters. The van der Waals surface area contributed by atoms with E-state index in [2.05, 4.69) is 4.98 Å². The molecule has 0 unspecified atom stereocenters. The highest BCUT2D eigenvalue weighted by Crippen LogP contribution is 2.38. The Morgan fingerprint density at radius 3 is 2.24 bits per heavy atom. The van der Waals surface area contributed by atoms with E-state index in [9.17, 15) is 21.2 Å². The molecule has 5 nitrogen and oxygen atoms in total. The van der Waals surface area contributed by atoms with Crippen molar-refractivity contribution in [2.75, 3.05) is 5.75 Å². The Kier molecular flexibility index (Phi) is 6.14. The molecule has 0 amide bonds. The maximum Gasteiger partial charge on any atom is 0.226 e. The average Bonchev–Trinajstić information content (AvgIpc) is 3.08. The minimum Gasteiger partial charge on any atom is -0.223 e. The molecule has 0 spiro atoms. The summed E-state index contributed by atoms with van der Waals surface area (Å²) in [4.78, 5) is 3.92.